The quantitative estimate of drug-likeness (QED) is 0.130. The van der Waals surface area contributed by atoms with E-state index in [9.17, 15) is 24.6 Å². The second-order valence-corrected chi connectivity index (χ2v) is 16.1. The Bertz CT molecular complexity index is 1720. The van der Waals surface area contributed by atoms with Crippen LogP contribution in [0, 0.1) is 11.8 Å². The number of esters is 1. The van der Waals surface area contributed by atoms with Gasteiger partial charge in [0.05, 0.1) is 39.5 Å². The van der Waals surface area contributed by atoms with E-state index in [0.29, 0.717) is 47.0 Å². The number of cyclic esters (lactones) is 1. The summed E-state index contributed by atoms with van der Waals surface area (Å²) in [5.74, 6) is 0.107. The van der Waals surface area contributed by atoms with E-state index in [1.165, 1.54) is 21.1 Å². The lowest BCUT2D eigenvalue weighted by Gasteiger charge is -2.47. The molecule has 0 radical (unpaired) electrons. The zero-order valence-corrected chi connectivity index (χ0v) is 32.2. The lowest BCUT2D eigenvalue weighted by molar-refractivity contribution is -0.364. The van der Waals surface area contributed by atoms with Crippen molar-refractivity contribution in [3.63, 3.8) is 0 Å². The van der Waals surface area contributed by atoms with Crippen LogP contribution in [0.1, 0.15) is 42.6 Å². The van der Waals surface area contributed by atoms with Gasteiger partial charge in [-0.25, -0.2) is 4.79 Å². The van der Waals surface area contributed by atoms with Gasteiger partial charge in [-0.05, 0) is 47.9 Å². The van der Waals surface area contributed by atoms with Gasteiger partial charge in [-0.3, -0.25) is 9.59 Å². The molecule has 10 atom stereocenters. The second kappa shape index (κ2) is 17.2. The number of carbonyl (C=O) groups excluding carboxylic acids is 3. The number of aliphatic hydroxyl groups excluding tert-OH is 2. The summed E-state index contributed by atoms with van der Waals surface area (Å²) in [6, 6.07) is 6.95. The molecule has 0 aromatic heterocycles. The molecule has 4 N–H and O–H groups in total. The summed E-state index contributed by atoms with van der Waals surface area (Å²) < 4.78 is 58.3. The van der Waals surface area contributed by atoms with Crippen LogP contribution in [0.25, 0.3) is 0 Å². The van der Waals surface area contributed by atoms with Crippen molar-refractivity contribution in [1.82, 2.24) is 10.6 Å². The van der Waals surface area contributed by atoms with E-state index >= 15 is 0 Å². The fourth-order valence-corrected chi connectivity index (χ4v) is 9.35. The molecular formula is C36H44N2O15S2. The maximum atomic E-state index is 13.7. The summed E-state index contributed by atoms with van der Waals surface area (Å²) in [6.07, 6.45) is -7.79. The number of fused-ring (bicyclic) bond motifs is 4. The third-order valence-corrected chi connectivity index (χ3v) is 12.4. The van der Waals surface area contributed by atoms with Gasteiger partial charge in [-0.1, -0.05) is 21.6 Å². The van der Waals surface area contributed by atoms with Crippen LogP contribution in [0.15, 0.2) is 24.3 Å². The van der Waals surface area contributed by atoms with E-state index < -0.39 is 72.9 Å². The average Bonchev–Trinajstić information content (AvgIpc) is 3.80. The van der Waals surface area contributed by atoms with Crippen molar-refractivity contribution < 1.29 is 72.0 Å². The fraction of sp³-hybridized carbons (Fsp3) is 0.583. The monoisotopic (exact) mass is 808 g/mol. The number of aliphatic hydroxyl groups is 2. The van der Waals surface area contributed by atoms with E-state index in [1.54, 1.807) is 52.8 Å². The molecule has 3 saturated heterocycles. The van der Waals surface area contributed by atoms with Gasteiger partial charge >= 0.3 is 12.1 Å². The predicted octanol–water partition coefficient (Wildman–Crippen LogP) is 2.24. The molecule has 7 rings (SSSR count). The smallest absolute Gasteiger partial charge is 0.412 e. The van der Waals surface area contributed by atoms with Crippen molar-refractivity contribution in [2.24, 2.45) is 11.8 Å². The molecule has 2 aromatic rings. The van der Waals surface area contributed by atoms with Gasteiger partial charge in [0, 0.05) is 43.4 Å². The molecule has 17 nitrogen and oxygen atoms in total. The summed E-state index contributed by atoms with van der Waals surface area (Å²) in [5, 5.41) is 27.7. The van der Waals surface area contributed by atoms with Crippen molar-refractivity contribution in [1.29, 1.82) is 0 Å². The molecule has 0 spiro atoms. The van der Waals surface area contributed by atoms with Gasteiger partial charge in [-0.15, -0.1) is 0 Å². The first-order valence-electron chi connectivity index (χ1n) is 17.8. The zero-order chi connectivity index (χ0) is 38.8. The van der Waals surface area contributed by atoms with Crippen molar-refractivity contribution in [3.05, 3.63) is 41.0 Å². The summed E-state index contributed by atoms with van der Waals surface area (Å²) >= 11 is 0. The predicted molar refractivity (Wildman–Crippen MR) is 194 cm³/mol. The fourth-order valence-electron chi connectivity index (χ4n) is 7.53. The van der Waals surface area contributed by atoms with E-state index in [0.717, 1.165) is 5.75 Å². The average molecular weight is 809 g/mol. The highest BCUT2D eigenvalue weighted by Crippen LogP contribution is 2.57. The summed E-state index contributed by atoms with van der Waals surface area (Å²) in [5.41, 5.74) is 1.88. The number of rotatable bonds is 13. The lowest BCUT2D eigenvalue weighted by atomic mass is 9.66. The Morgan fingerprint density at radius 1 is 0.891 bits per heavy atom. The molecule has 0 bridgehead atoms. The van der Waals surface area contributed by atoms with Crippen molar-refractivity contribution >= 4 is 39.6 Å². The molecular weight excluding hydrogens is 765 g/mol. The maximum Gasteiger partial charge on any atom is 0.412 e. The number of benzene rings is 2. The largest absolute Gasteiger partial charge is 0.493 e. The van der Waals surface area contributed by atoms with Crippen LogP contribution < -0.4 is 34.3 Å². The molecule has 19 heteroatoms. The molecule has 2 aromatic carbocycles. The summed E-state index contributed by atoms with van der Waals surface area (Å²) in [6.45, 7) is 4.16. The Balaban J connectivity index is 1.15. The number of methoxy groups -OCH3 is 2. The number of hydrogen-bond acceptors (Lipinski definition) is 17. The van der Waals surface area contributed by atoms with Crippen LogP contribution in [-0.4, -0.2) is 124 Å². The molecule has 55 heavy (non-hydrogen) atoms. The van der Waals surface area contributed by atoms with E-state index in [1.807, 2.05) is 0 Å². The number of nitrogens with one attached hydrogen (secondary N) is 2. The van der Waals surface area contributed by atoms with Crippen molar-refractivity contribution in [2.45, 2.75) is 62.9 Å². The van der Waals surface area contributed by atoms with Gasteiger partial charge in [-0.2, -0.15) is 0 Å². The van der Waals surface area contributed by atoms with Crippen LogP contribution >= 0.6 is 21.6 Å². The van der Waals surface area contributed by atoms with Gasteiger partial charge in [0.1, 0.15) is 24.4 Å². The SMILES string of the molecule is COc1cc([C@@H]2c3cc4c(cc3[C@@H](OC3OC5COC(C)OC5C(O)C3O)[C@H]3COC(=O)[C@H]23)OCO4)cc(OC)c1OC(=O)NCCSSCCNC(C)=O. The maximum absolute atomic E-state index is 13.7. The molecule has 2 amide bonds. The van der Waals surface area contributed by atoms with Gasteiger partial charge in [0.25, 0.3) is 0 Å². The van der Waals surface area contributed by atoms with Crippen molar-refractivity contribution in [2.75, 3.05) is 58.8 Å². The highest BCUT2D eigenvalue weighted by Gasteiger charge is 2.56. The minimum Gasteiger partial charge on any atom is -0.493 e. The molecule has 4 heterocycles. The van der Waals surface area contributed by atoms with Crippen LogP contribution in [0.3, 0.4) is 0 Å². The Hall–Kier alpha value is -3.69. The van der Waals surface area contributed by atoms with Crippen LogP contribution in [0.5, 0.6) is 28.7 Å². The Morgan fingerprint density at radius 3 is 2.24 bits per heavy atom. The van der Waals surface area contributed by atoms with E-state index in [2.05, 4.69) is 10.6 Å². The first kappa shape index (κ1) is 39.5. The van der Waals surface area contributed by atoms with Gasteiger partial charge < -0.3 is 68.2 Å². The van der Waals surface area contributed by atoms with Gasteiger partial charge in [0.2, 0.25) is 18.4 Å². The highest BCUT2D eigenvalue weighted by molar-refractivity contribution is 8.76. The lowest BCUT2D eigenvalue weighted by Crippen LogP contribution is -2.63. The van der Waals surface area contributed by atoms with Crippen LogP contribution in [0.4, 0.5) is 4.79 Å². The number of amides is 2. The molecule has 300 valence electrons. The minimum absolute atomic E-state index is 0.00143. The Morgan fingerprint density at radius 2 is 1.56 bits per heavy atom. The topological polar surface area (TPSA) is 208 Å². The number of carbonyl (C=O) groups is 3. The first-order valence-corrected chi connectivity index (χ1v) is 20.3. The Labute approximate surface area is 324 Å². The number of hydrogen-bond donors (Lipinski definition) is 4. The summed E-state index contributed by atoms with van der Waals surface area (Å²) in [7, 11) is 5.99. The van der Waals surface area contributed by atoms with Crippen molar-refractivity contribution in [3.8, 4) is 28.7 Å². The second-order valence-electron chi connectivity index (χ2n) is 13.4. The molecule has 3 fully saturated rings. The van der Waals surface area contributed by atoms with Gasteiger partial charge in [0.15, 0.2) is 35.6 Å². The zero-order valence-electron chi connectivity index (χ0n) is 30.6. The van der Waals surface area contributed by atoms with Crippen LogP contribution in [-0.2, 0) is 33.3 Å². The minimum atomic E-state index is -1.48. The van der Waals surface area contributed by atoms with E-state index in [4.69, 9.17) is 47.4 Å². The molecule has 5 aliphatic rings. The standard InChI is InChI=1S/C36H44N2O15S2/c1-16(39)37-5-7-54-55-8-6-38-36(43)53-32-24(44-3)9-18(10-25(32)45-4)27-19-11-22-23(49-15-48-22)12-20(19)31(21-13-47-34(42)28(21)27)52-35-30(41)29(40)33-26(51-35)14-46-17(2)50-33/h9-12,17,21,26-31,33,35,40-41H,5-8,13-15H2,1-4H3,(H,37,39)(H,38,43)/t17?,21-,26?,27+,28-,29?,30?,31+,33?,35?/m0/s1. The molecule has 1 aliphatic carbocycles. The first-order chi connectivity index (χ1) is 26.6. The normalized spacial score (nSPS) is 30.3. The Kier molecular flexibility index (Phi) is 12.4. The molecule has 0 saturated carbocycles. The molecule has 4 aliphatic heterocycles. The van der Waals surface area contributed by atoms with E-state index in [-0.39, 0.29) is 43.2 Å². The number of ether oxygens (including phenoxy) is 10. The summed E-state index contributed by atoms with van der Waals surface area (Å²) in [4.78, 5) is 37.6. The third kappa shape index (κ3) is 8.25. The molecule has 6 unspecified atom stereocenters. The highest BCUT2D eigenvalue weighted by atomic mass is 33.1. The van der Waals surface area contributed by atoms with Crippen LogP contribution in [0.2, 0.25) is 0 Å². The third-order valence-electron chi connectivity index (χ3n) is 10.0.